The molecule has 0 aromatic heterocycles. The van der Waals surface area contributed by atoms with Gasteiger partial charge in [0.1, 0.15) is 17.3 Å². The summed E-state index contributed by atoms with van der Waals surface area (Å²) < 4.78 is 18.5. The lowest BCUT2D eigenvalue weighted by Crippen LogP contribution is -2.07. The minimum absolute atomic E-state index is 0.00350. The number of carbonyl (C=O) groups excluding carboxylic acids is 1. The first-order valence-electron chi connectivity index (χ1n) is 6.17. The Hall–Kier alpha value is -1.87. The molecule has 0 fully saturated rings. The summed E-state index contributed by atoms with van der Waals surface area (Å²) in [6, 6.07) is 11.8. The van der Waals surface area contributed by atoms with E-state index in [1.807, 2.05) is 24.3 Å². The third kappa shape index (κ3) is 3.58. The van der Waals surface area contributed by atoms with Gasteiger partial charge in [-0.2, -0.15) is 0 Å². The molecule has 4 heteroatoms. The van der Waals surface area contributed by atoms with E-state index in [0.29, 0.717) is 11.3 Å². The molecule has 0 atom stereocenters. The predicted octanol–water partition coefficient (Wildman–Crippen LogP) is 3.84. The molecule has 0 saturated heterocycles. The fraction of sp³-hybridized carbons (Fsp3) is 0.188. The highest BCUT2D eigenvalue weighted by molar-refractivity contribution is 6.30. The van der Waals surface area contributed by atoms with Crippen molar-refractivity contribution in [2.45, 2.75) is 12.8 Å². The summed E-state index contributed by atoms with van der Waals surface area (Å²) in [4.78, 5) is 12.0. The molecule has 0 aliphatic rings. The maximum absolute atomic E-state index is 13.3. The summed E-state index contributed by atoms with van der Waals surface area (Å²) in [5.41, 5.74) is 1.45. The molecular formula is C16H14ClFO2. The van der Waals surface area contributed by atoms with E-state index < -0.39 is 5.82 Å². The van der Waals surface area contributed by atoms with Gasteiger partial charge in [-0.25, -0.2) is 4.39 Å². The molecular weight excluding hydrogens is 279 g/mol. The Morgan fingerprint density at radius 3 is 2.65 bits per heavy atom. The van der Waals surface area contributed by atoms with E-state index in [-0.39, 0.29) is 23.6 Å². The number of ketones is 1. The van der Waals surface area contributed by atoms with Crippen LogP contribution < -0.4 is 4.74 Å². The number of benzene rings is 2. The van der Waals surface area contributed by atoms with Gasteiger partial charge < -0.3 is 4.74 Å². The van der Waals surface area contributed by atoms with Gasteiger partial charge in [0.05, 0.1) is 12.1 Å². The SMILES string of the molecule is COc1ccccc1CC(=O)Cc1ccc(Cl)c(F)c1. The molecule has 0 heterocycles. The van der Waals surface area contributed by atoms with Crippen molar-refractivity contribution >= 4 is 17.4 Å². The van der Waals surface area contributed by atoms with Gasteiger partial charge in [0.2, 0.25) is 0 Å². The standard InChI is InChI=1S/C16H14ClFO2/c1-20-16-5-3-2-4-12(16)10-13(19)8-11-6-7-14(17)15(18)9-11/h2-7,9H,8,10H2,1H3. The van der Waals surface area contributed by atoms with Crippen LogP contribution in [0.5, 0.6) is 5.75 Å². The van der Waals surface area contributed by atoms with Gasteiger partial charge in [-0.1, -0.05) is 35.9 Å². The van der Waals surface area contributed by atoms with E-state index in [1.54, 1.807) is 13.2 Å². The van der Waals surface area contributed by atoms with Crippen LogP contribution in [0.3, 0.4) is 0 Å². The highest BCUT2D eigenvalue weighted by Crippen LogP contribution is 2.20. The van der Waals surface area contributed by atoms with E-state index in [0.717, 1.165) is 5.56 Å². The van der Waals surface area contributed by atoms with Crippen molar-refractivity contribution in [3.05, 3.63) is 64.4 Å². The Balaban J connectivity index is 2.07. The lowest BCUT2D eigenvalue weighted by atomic mass is 10.0. The molecule has 2 rings (SSSR count). The van der Waals surface area contributed by atoms with Gasteiger partial charge in [-0.15, -0.1) is 0 Å². The van der Waals surface area contributed by atoms with Crippen molar-refractivity contribution in [3.8, 4) is 5.75 Å². The highest BCUT2D eigenvalue weighted by atomic mass is 35.5. The second kappa shape index (κ2) is 6.53. The first-order chi connectivity index (χ1) is 9.60. The highest BCUT2D eigenvalue weighted by Gasteiger charge is 2.10. The molecule has 0 aliphatic heterocycles. The van der Waals surface area contributed by atoms with Crippen LogP contribution in [0.2, 0.25) is 5.02 Å². The van der Waals surface area contributed by atoms with Crippen LogP contribution in [0.1, 0.15) is 11.1 Å². The Labute approximate surface area is 122 Å². The van der Waals surface area contributed by atoms with Crippen LogP contribution in [-0.4, -0.2) is 12.9 Å². The number of ether oxygens (including phenoxy) is 1. The lowest BCUT2D eigenvalue weighted by Gasteiger charge is -2.07. The van der Waals surface area contributed by atoms with Crippen molar-refractivity contribution in [2.24, 2.45) is 0 Å². The van der Waals surface area contributed by atoms with Gasteiger partial charge in [-0.3, -0.25) is 4.79 Å². The third-order valence-electron chi connectivity index (χ3n) is 2.97. The number of Topliss-reactive ketones (excluding diaryl/α,β-unsaturated/α-hetero) is 1. The summed E-state index contributed by atoms with van der Waals surface area (Å²) in [6.07, 6.45) is 0.431. The Kier molecular flexibility index (Phi) is 4.74. The molecule has 0 radical (unpaired) electrons. The molecule has 20 heavy (non-hydrogen) atoms. The molecule has 2 nitrogen and oxygen atoms in total. The summed E-state index contributed by atoms with van der Waals surface area (Å²) in [6.45, 7) is 0. The number of para-hydroxylation sites is 1. The van der Waals surface area contributed by atoms with Crippen LogP contribution in [0, 0.1) is 5.82 Å². The first kappa shape index (κ1) is 14.5. The van der Waals surface area contributed by atoms with E-state index in [9.17, 15) is 9.18 Å². The second-order valence-electron chi connectivity index (χ2n) is 4.45. The van der Waals surface area contributed by atoms with Crippen molar-refractivity contribution in [2.75, 3.05) is 7.11 Å². The minimum Gasteiger partial charge on any atom is -0.496 e. The van der Waals surface area contributed by atoms with Crippen LogP contribution in [-0.2, 0) is 17.6 Å². The lowest BCUT2D eigenvalue weighted by molar-refractivity contribution is -0.117. The summed E-state index contributed by atoms with van der Waals surface area (Å²) in [5, 5.41) is 0.0610. The maximum Gasteiger partial charge on any atom is 0.142 e. The molecule has 2 aromatic carbocycles. The third-order valence-corrected chi connectivity index (χ3v) is 3.27. The minimum atomic E-state index is -0.505. The topological polar surface area (TPSA) is 26.3 Å². The van der Waals surface area contributed by atoms with Crippen LogP contribution in [0.15, 0.2) is 42.5 Å². The van der Waals surface area contributed by atoms with Crippen molar-refractivity contribution in [3.63, 3.8) is 0 Å². The van der Waals surface area contributed by atoms with Gasteiger partial charge in [0.15, 0.2) is 0 Å². The van der Waals surface area contributed by atoms with Gasteiger partial charge in [0, 0.05) is 18.4 Å². The number of hydrogen-bond donors (Lipinski definition) is 0. The zero-order valence-electron chi connectivity index (χ0n) is 11.0. The largest absolute Gasteiger partial charge is 0.496 e. The van der Waals surface area contributed by atoms with Gasteiger partial charge in [0.25, 0.3) is 0 Å². The van der Waals surface area contributed by atoms with Crippen LogP contribution in [0.25, 0.3) is 0 Å². The Morgan fingerprint density at radius 2 is 1.95 bits per heavy atom. The molecule has 0 unspecified atom stereocenters. The molecule has 0 N–H and O–H groups in total. The fourth-order valence-electron chi connectivity index (χ4n) is 2.00. The molecule has 0 saturated carbocycles. The number of rotatable bonds is 5. The number of carbonyl (C=O) groups is 1. The normalized spacial score (nSPS) is 10.3. The molecule has 0 spiro atoms. The van der Waals surface area contributed by atoms with E-state index >= 15 is 0 Å². The van der Waals surface area contributed by atoms with Crippen molar-refractivity contribution in [1.82, 2.24) is 0 Å². The smallest absolute Gasteiger partial charge is 0.142 e. The quantitative estimate of drug-likeness (QED) is 0.837. The Morgan fingerprint density at radius 1 is 1.20 bits per heavy atom. The monoisotopic (exact) mass is 292 g/mol. The second-order valence-corrected chi connectivity index (χ2v) is 4.86. The van der Waals surface area contributed by atoms with Crippen LogP contribution >= 0.6 is 11.6 Å². The average Bonchev–Trinajstić information content (AvgIpc) is 2.43. The van der Waals surface area contributed by atoms with Gasteiger partial charge >= 0.3 is 0 Å². The molecule has 0 bridgehead atoms. The zero-order chi connectivity index (χ0) is 14.5. The first-order valence-corrected chi connectivity index (χ1v) is 6.55. The number of methoxy groups -OCH3 is 1. The summed E-state index contributed by atoms with van der Waals surface area (Å²) >= 11 is 5.61. The summed E-state index contributed by atoms with van der Waals surface area (Å²) in [7, 11) is 1.57. The number of hydrogen-bond acceptors (Lipinski definition) is 2. The van der Waals surface area contributed by atoms with Crippen molar-refractivity contribution in [1.29, 1.82) is 0 Å². The number of halogens is 2. The molecule has 104 valence electrons. The zero-order valence-corrected chi connectivity index (χ0v) is 11.8. The van der Waals surface area contributed by atoms with E-state index in [2.05, 4.69) is 0 Å². The van der Waals surface area contributed by atoms with Crippen LogP contribution in [0.4, 0.5) is 4.39 Å². The van der Waals surface area contributed by atoms with E-state index in [4.69, 9.17) is 16.3 Å². The van der Waals surface area contributed by atoms with Gasteiger partial charge in [-0.05, 0) is 23.8 Å². The molecule has 2 aromatic rings. The molecule has 0 aliphatic carbocycles. The summed E-state index contributed by atoms with van der Waals surface area (Å²) in [5.74, 6) is 0.175. The molecule has 0 amide bonds. The van der Waals surface area contributed by atoms with Crippen molar-refractivity contribution < 1.29 is 13.9 Å². The predicted molar refractivity (Wildman–Crippen MR) is 76.8 cm³/mol. The average molecular weight is 293 g/mol. The Bertz CT molecular complexity index is 626. The maximum atomic E-state index is 13.3. The van der Waals surface area contributed by atoms with E-state index in [1.165, 1.54) is 12.1 Å². The fourth-order valence-corrected chi connectivity index (χ4v) is 2.12.